The van der Waals surface area contributed by atoms with Gasteiger partial charge in [0, 0.05) is 30.7 Å². The van der Waals surface area contributed by atoms with Crippen molar-refractivity contribution in [3.8, 4) is 0 Å². The molecule has 2 rings (SSSR count). The highest BCUT2D eigenvalue weighted by molar-refractivity contribution is 6.06. The number of anilines is 2. The molecule has 2 aromatic rings. The van der Waals surface area contributed by atoms with Crippen LogP contribution in [0.3, 0.4) is 0 Å². The van der Waals surface area contributed by atoms with Gasteiger partial charge >= 0.3 is 0 Å². The van der Waals surface area contributed by atoms with Gasteiger partial charge < -0.3 is 5.32 Å². The standard InChI is InChI=1S/C13H13N5O3/c1-2-14-9-4-5-11(18(20)21)10(8-9)12(19)17-13-15-6-3-7-16-13/h3-8,14H,2H2,1H3,(H,15,16,17,19). The summed E-state index contributed by atoms with van der Waals surface area (Å²) in [5.74, 6) is -0.543. The molecule has 8 nitrogen and oxygen atoms in total. The Morgan fingerprint density at radius 2 is 2.05 bits per heavy atom. The minimum absolute atomic E-state index is 0.0501. The minimum atomic E-state index is -0.632. The van der Waals surface area contributed by atoms with Gasteiger partial charge in [0.25, 0.3) is 11.6 Å². The van der Waals surface area contributed by atoms with Gasteiger partial charge in [0.2, 0.25) is 5.95 Å². The number of hydrogen-bond donors (Lipinski definition) is 2. The van der Waals surface area contributed by atoms with E-state index in [9.17, 15) is 14.9 Å². The van der Waals surface area contributed by atoms with Gasteiger partial charge in [-0.15, -0.1) is 0 Å². The molecule has 108 valence electrons. The van der Waals surface area contributed by atoms with Crippen LogP contribution in [-0.2, 0) is 0 Å². The zero-order valence-electron chi connectivity index (χ0n) is 11.2. The maximum atomic E-state index is 12.2. The molecule has 2 N–H and O–H groups in total. The number of nitrogens with zero attached hydrogens (tertiary/aromatic N) is 3. The van der Waals surface area contributed by atoms with Crippen molar-refractivity contribution in [3.63, 3.8) is 0 Å². The van der Waals surface area contributed by atoms with Crippen molar-refractivity contribution in [1.82, 2.24) is 9.97 Å². The van der Waals surface area contributed by atoms with Crippen molar-refractivity contribution < 1.29 is 9.72 Å². The molecule has 21 heavy (non-hydrogen) atoms. The molecule has 0 saturated carbocycles. The van der Waals surface area contributed by atoms with Gasteiger partial charge in [-0.2, -0.15) is 0 Å². The van der Waals surface area contributed by atoms with Crippen LogP contribution in [-0.4, -0.2) is 27.3 Å². The number of carbonyl (C=O) groups is 1. The Kier molecular flexibility index (Phi) is 4.39. The van der Waals surface area contributed by atoms with Crippen LogP contribution in [0, 0.1) is 10.1 Å². The molecule has 0 unspecified atom stereocenters. The first-order chi connectivity index (χ1) is 10.1. The second-order valence-electron chi connectivity index (χ2n) is 4.05. The number of hydrogen-bond acceptors (Lipinski definition) is 6. The van der Waals surface area contributed by atoms with Gasteiger partial charge in [-0.25, -0.2) is 9.97 Å². The molecule has 8 heteroatoms. The Morgan fingerprint density at radius 3 is 2.67 bits per heavy atom. The zero-order valence-corrected chi connectivity index (χ0v) is 11.2. The molecule has 0 saturated heterocycles. The number of amides is 1. The van der Waals surface area contributed by atoms with Gasteiger partial charge in [-0.1, -0.05) is 0 Å². The average Bonchev–Trinajstić information content (AvgIpc) is 2.48. The molecule has 1 aromatic heterocycles. The average molecular weight is 287 g/mol. The molecule has 0 aliphatic carbocycles. The first-order valence-corrected chi connectivity index (χ1v) is 6.22. The van der Waals surface area contributed by atoms with Gasteiger partial charge in [0.15, 0.2) is 0 Å². The summed E-state index contributed by atoms with van der Waals surface area (Å²) in [5, 5.41) is 16.5. The highest BCUT2D eigenvalue weighted by Gasteiger charge is 2.21. The van der Waals surface area contributed by atoms with Crippen LogP contribution in [0.5, 0.6) is 0 Å². The Hall–Kier alpha value is -3.03. The molecular weight excluding hydrogens is 274 g/mol. The fourth-order valence-corrected chi connectivity index (χ4v) is 1.72. The molecule has 1 amide bonds. The van der Waals surface area contributed by atoms with Crippen LogP contribution in [0.15, 0.2) is 36.7 Å². The molecule has 0 spiro atoms. The van der Waals surface area contributed by atoms with Crippen molar-refractivity contribution >= 4 is 23.2 Å². The normalized spacial score (nSPS) is 9.95. The summed E-state index contributed by atoms with van der Waals surface area (Å²) in [4.78, 5) is 30.3. The summed E-state index contributed by atoms with van der Waals surface area (Å²) >= 11 is 0. The third-order valence-electron chi connectivity index (χ3n) is 2.61. The monoisotopic (exact) mass is 287 g/mol. The number of nitrogens with one attached hydrogen (secondary N) is 2. The van der Waals surface area contributed by atoms with Crippen LogP contribution in [0.1, 0.15) is 17.3 Å². The molecule has 1 aromatic carbocycles. The summed E-state index contributed by atoms with van der Waals surface area (Å²) in [7, 11) is 0. The van der Waals surface area contributed by atoms with E-state index in [4.69, 9.17) is 0 Å². The zero-order chi connectivity index (χ0) is 15.2. The maximum Gasteiger partial charge on any atom is 0.282 e. The van der Waals surface area contributed by atoms with Crippen LogP contribution in [0.4, 0.5) is 17.3 Å². The quantitative estimate of drug-likeness (QED) is 0.643. The van der Waals surface area contributed by atoms with E-state index < -0.39 is 10.8 Å². The van der Waals surface area contributed by atoms with Crippen molar-refractivity contribution in [2.75, 3.05) is 17.2 Å². The Labute approximate surface area is 120 Å². The predicted octanol–water partition coefficient (Wildman–Crippen LogP) is 2.07. The van der Waals surface area contributed by atoms with Gasteiger partial charge in [-0.3, -0.25) is 20.2 Å². The molecular formula is C13H13N5O3. The minimum Gasteiger partial charge on any atom is -0.385 e. The smallest absolute Gasteiger partial charge is 0.282 e. The van der Waals surface area contributed by atoms with Crippen molar-refractivity contribution in [2.45, 2.75) is 6.92 Å². The highest BCUT2D eigenvalue weighted by Crippen LogP contribution is 2.23. The van der Waals surface area contributed by atoms with Crippen molar-refractivity contribution in [3.05, 3.63) is 52.3 Å². The first-order valence-electron chi connectivity index (χ1n) is 6.22. The van der Waals surface area contributed by atoms with E-state index in [1.54, 1.807) is 12.1 Å². The summed E-state index contributed by atoms with van der Waals surface area (Å²) < 4.78 is 0. The lowest BCUT2D eigenvalue weighted by Gasteiger charge is -2.07. The van der Waals surface area contributed by atoms with Crippen molar-refractivity contribution in [1.29, 1.82) is 0 Å². The maximum absolute atomic E-state index is 12.2. The molecule has 0 fully saturated rings. The molecule has 0 atom stereocenters. The second kappa shape index (κ2) is 6.42. The molecule has 1 heterocycles. The van der Waals surface area contributed by atoms with E-state index >= 15 is 0 Å². The first kappa shape index (κ1) is 14.4. The predicted molar refractivity (Wildman–Crippen MR) is 77.2 cm³/mol. The third-order valence-corrected chi connectivity index (χ3v) is 2.61. The van der Waals surface area contributed by atoms with E-state index in [1.807, 2.05) is 6.92 Å². The van der Waals surface area contributed by atoms with Crippen LogP contribution >= 0.6 is 0 Å². The summed E-state index contributed by atoms with van der Waals surface area (Å²) in [5.41, 5.74) is 0.304. The number of rotatable bonds is 5. The lowest BCUT2D eigenvalue weighted by atomic mass is 10.1. The van der Waals surface area contributed by atoms with Gasteiger partial charge in [0.05, 0.1) is 4.92 Å². The number of aromatic nitrogens is 2. The lowest BCUT2D eigenvalue weighted by molar-refractivity contribution is -0.385. The van der Waals surface area contributed by atoms with Gasteiger partial charge in [-0.05, 0) is 25.1 Å². The van der Waals surface area contributed by atoms with Crippen LogP contribution in [0.25, 0.3) is 0 Å². The number of benzene rings is 1. The molecule has 0 radical (unpaired) electrons. The topological polar surface area (TPSA) is 110 Å². The summed E-state index contributed by atoms with van der Waals surface area (Å²) in [6, 6.07) is 5.87. The fraction of sp³-hybridized carbons (Fsp3) is 0.154. The van der Waals surface area contributed by atoms with Crippen LogP contribution in [0.2, 0.25) is 0 Å². The SMILES string of the molecule is CCNc1ccc([N+](=O)[O-])c(C(=O)Nc2ncccn2)c1. The lowest BCUT2D eigenvalue weighted by Crippen LogP contribution is -2.16. The third kappa shape index (κ3) is 3.50. The number of carbonyl (C=O) groups excluding carboxylic acids is 1. The number of nitro groups is 1. The molecule has 0 aliphatic heterocycles. The highest BCUT2D eigenvalue weighted by atomic mass is 16.6. The Balaban J connectivity index is 2.33. The largest absolute Gasteiger partial charge is 0.385 e. The van der Waals surface area contributed by atoms with Crippen LogP contribution < -0.4 is 10.6 Å². The van der Waals surface area contributed by atoms with E-state index in [-0.39, 0.29) is 17.2 Å². The Bertz CT molecular complexity index is 660. The van der Waals surface area contributed by atoms with Crippen molar-refractivity contribution in [2.24, 2.45) is 0 Å². The number of nitro benzene ring substituents is 1. The van der Waals surface area contributed by atoms with Gasteiger partial charge in [0.1, 0.15) is 5.56 Å². The summed E-state index contributed by atoms with van der Waals surface area (Å²) in [6.45, 7) is 2.53. The van der Waals surface area contributed by atoms with E-state index in [0.29, 0.717) is 12.2 Å². The second-order valence-corrected chi connectivity index (χ2v) is 4.05. The van der Waals surface area contributed by atoms with E-state index in [2.05, 4.69) is 20.6 Å². The van der Waals surface area contributed by atoms with E-state index in [0.717, 1.165) is 0 Å². The Morgan fingerprint density at radius 1 is 1.33 bits per heavy atom. The fourth-order valence-electron chi connectivity index (χ4n) is 1.72. The molecule has 0 bridgehead atoms. The molecule has 0 aliphatic rings. The summed E-state index contributed by atoms with van der Waals surface area (Å²) in [6.07, 6.45) is 2.93. The van der Waals surface area contributed by atoms with E-state index in [1.165, 1.54) is 24.5 Å².